The van der Waals surface area contributed by atoms with E-state index in [4.69, 9.17) is 56.8 Å². The molecule has 1 spiro atoms. The number of hydrogen-bond acceptors (Lipinski definition) is 28. The molecular weight excluding hydrogens is 1130 g/mol. The second-order valence-corrected chi connectivity index (χ2v) is 27.3. The van der Waals surface area contributed by atoms with E-state index in [1.165, 1.54) is 6.92 Å². The van der Waals surface area contributed by atoms with Gasteiger partial charge >= 0.3 is 0 Å². The van der Waals surface area contributed by atoms with Crippen LogP contribution in [0.2, 0.25) is 0 Å². The first-order valence-corrected chi connectivity index (χ1v) is 30.8. The lowest BCUT2D eigenvalue weighted by molar-refractivity contribution is -0.410. The Morgan fingerprint density at radius 2 is 0.965 bits per heavy atom. The van der Waals surface area contributed by atoms with Gasteiger partial charge in [-0.05, 0) is 105 Å². The Kier molecular flexibility index (Phi) is 19.5. The summed E-state index contributed by atoms with van der Waals surface area (Å²) in [6.45, 7) is 7.65. The van der Waals surface area contributed by atoms with Crippen LogP contribution in [0.3, 0.4) is 0 Å². The van der Waals surface area contributed by atoms with Crippen LogP contribution in [0.25, 0.3) is 0 Å². The molecule has 85 heavy (non-hydrogen) atoms. The van der Waals surface area contributed by atoms with E-state index in [1.807, 2.05) is 0 Å². The predicted molar refractivity (Wildman–Crippen MR) is 281 cm³/mol. The molecule has 4 aliphatic carbocycles. The van der Waals surface area contributed by atoms with E-state index in [0.717, 1.165) is 51.6 Å². The van der Waals surface area contributed by atoms with Crippen LogP contribution in [-0.2, 0) is 56.8 Å². The number of ether oxygens (including phenoxy) is 12. The maximum atomic E-state index is 12.1. The molecule has 0 aromatic heterocycles. The first kappa shape index (κ1) is 65.4. The summed E-state index contributed by atoms with van der Waals surface area (Å²) in [5, 5.41) is 176. The first-order valence-electron chi connectivity index (χ1n) is 30.8. The van der Waals surface area contributed by atoms with Crippen molar-refractivity contribution in [1.82, 2.24) is 0 Å². The standard InChI is InChI=1S/C57H94O28/c1-20-8-11-57(74-19-20)21(2)34-29(85-57)13-26-24-7-6-23-12-28(27(62)14-56(23,5)25(24)9-10-55(26,34)4)76-51-44(72)40(68)47(33(18-61)79-51)82-54-49(84-52-43(71)39(67)36(64)30(15-58)77-52)48(37(65)31(16-59)78-54)83-53-45(73)41(69)46(32(17-60)80-53)81-50-42(70)38(66)35(63)22(3)75-50/h20-54,58-73H,6-19H2,1-5H3/t20-,21+,22+,23+,24-,25+,26+,27-,28-,29+,30-,31-,32-,33-,34+,35+,36-,37-,38-,39+,40-,41-,42-,43-,44-,45-,46-,47+,48+,49-,50+,51-,52+,53+,54+,55+,56+,57-/m1/s1. The van der Waals surface area contributed by atoms with Crippen molar-refractivity contribution in [1.29, 1.82) is 0 Å². The molecule has 16 N–H and O–H groups in total. The highest BCUT2D eigenvalue weighted by Gasteiger charge is 2.70. The van der Waals surface area contributed by atoms with Gasteiger partial charge < -0.3 is 139 Å². The van der Waals surface area contributed by atoms with Gasteiger partial charge in [-0.15, -0.1) is 0 Å². The van der Waals surface area contributed by atoms with Crippen molar-refractivity contribution in [3.63, 3.8) is 0 Å². The SMILES string of the molecule is C[C@@H]1CC[C@@]2(OC1)O[C@H]1C[C@H]3[C@@H]4CC[C@H]5C[C@@H](O[C@@H]6O[C@H](CO)[C@H](O[C@@H]7O[C@H](CO)[C@@H](O)[C@H](O[C@@H]8O[C@H](CO)[C@@H](O[C@@H]9O[C@@H](C)[C@H](O)[C@@H](O)[C@H]9O)[C@H](O)[C@H]8O)[C@H]7O[C@@H]7O[C@H](CO)[C@@H](O)[C@H](O)[C@H]7O)[C@H](O)[C@H]6O)[C@H](O)C[C@]5(C)[C@H]4CC[C@]3(C)[C@H]1[C@@H]2C. The zero-order valence-electron chi connectivity index (χ0n) is 48.7. The Bertz CT molecular complexity index is 2210. The fourth-order valence-corrected chi connectivity index (χ4v) is 17.6. The second kappa shape index (κ2) is 25.4. The molecule has 28 nitrogen and oxygen atoms in total. The Hall–Kier alpha value is -1.12. The third-order valence-electron chi connectivity index (χ3n) is 22.5. The maximum Gasteiger partial charge on any atom is 0.187 e. The molecule has 0 aromatic carbocycles. The fourth-order valence-electron chi connectivity index (χ4n) is 17.6. The first-order chi connectivity index (χ1) is 40.3. The Balaban J connectivity index is 0.782. The number of fused-ring (bicyclic) bond motifs is 7. The quantitative estimate of drug-likeness (QED) is 0.0724. The zero-order valence-corrected chi connectivity index (χ0v) is 48.7. The highest BCUT2D eigenvalue weighted by molar-refractivity contribution is 5.16. The van der Waals surface area contributed by atoms with E-state index >= 15 is 0 Å². The van der Waals surface area contributed by atoms with Gasteiger partial charge in [0, 0.05) is 12.3 Å². The summed E-state index contributed by atoms with van der Waals surface area (Å²) in [5.41, 5.74) is -0.127. The van der Waals surface area contributed by atoms with Crippen LogP contribution in [0.4, 0.5) is 0 Å². The third-order valence-corrected chi connectivity index (χ3v) is 22.5. The van der Waals surface area contributed by atoms with Gasteiger partial charge in [0.2, 0.25) is 0 Å². The summed E-state index contributed by atoms with van der Waals surface area (Å²) in [4.78, 5) is 0. The minimum absolute atomic E-state index is 0.101. The van der Waals surface area contributed by atoms with Gasteiger partial charge in [-0.3, -0.25) is 0 Å². The van der Waals surface area contributed by atoms with Gasteiger partial charge in [0.05, 0.1) is 57.5 Å². The summed E-state index contributed by atoms with van der Waals surface area (Å²) >= 11 is 0. The molecule has 0 bridgehead atoms. The molecule has 7 aliphatic heterocycles. The van der Waals surface area contributed by atoms with E-state index in [2.05, 4.69) is 27.7 Å². The molecule has 0 radical (unpaired) electrons. The van der Waals surface area contributed by atoms with Gasteiger partial charge in [-0.25, -0.2) is 0 Å². The lowest BCUT2D eigenvalue weighted by atomic mass is 9.44. The molecule has 7 saturated heterocycles. The molecule has 11 fully saturated rings. The van der Waals surface area contributed by atoms with Crippen LogP contribution >= 0.6 is 0 Å². The van der Waals surface area contributed by atoms with Crippen LogP contribution in [-0.4, -0.2) is 292 Å². The lowest BCUT2D eigenvalue weighted by Gasteiger charge is -2.62. The van der Waals surface area contributed by atoms with Gasteiger partial charge in [0.25, 0.3) is 0 Å². The van der Waals surface area contributed by atoms with Crippen molar-refractivity contribution in [2.75, 3.05) is 33.0 Å². The highest BCUT2D eigenvalue weighted by Crippen LogP contribution is 2.71. The Morgan fingerprint density at radius 3 is 1.56 bits per heavy atom. The van der Waals surface area contributed by atoms with E-state index in [-0.39, 0.29) is 28.8 Å². The zero-order chi connectivity index (χ0) is 61.1. The van der Waals surface area contributed by atoms with Crippen LogP contribution in [0.15, 0.2) is 0 Å². The highest BCUT2D eigenvalue weighted by atomic mass is 16.8. The van der Waals surface area contributed by atoms with Crippen molar-refractivity contribution in [3.05, 3.63) is 0 Å². The van der Waals surface area contributed by atoms with Crippen LogP contribution in [0.5, 0.6) is 0 Å². The smallest absolute Gasteiger partial charge is 0.187 e. The normalized spacial score (nSPS) is 58.1. The number of aliphatic hydroxyl groups excluding tert-OH is 16. The molecule has 0 aromatic rings. The summed E-state index contributed by atoms with van der Waals surface area (Å²) < 4.78 is 73.3. The van der Waals surface area contributed by atoms with E-state index in [0.29, 0.717) is 42.4 Å². The average Bonchev–Trinajstić information content (AvgIpc) is 1.66. The predicted octanol–water partition coefficient (Wildman–Crippen LogP) is -5.09. The molecular formula is C57H94O28. The molecule has 490 valence electrons. The molecule has 11 aliphatic rings. The van der Waals surface area contributed by atoms with Crippen molar-refractivity contribution in [3.8, 4) is 0 Å². The van der Waals surface area contributed by atoms with Gasteiger partial charge in [-0.2, -0.15) is 0 Å². The van der Waals surface area contributed by atoms with Crippen molar-refractivity contribution in [2.24, 2.45) is 52.3 Å². The van der Waals surface area contributed by atoms with Crippen molar-refractivity contribution < 1.29 is 139 Å². The molecule has 28 heteroatoms. The van der Waals surface area contributed by atoms with Gasteiger partial charge in [-0.1, -0.05) is 27.7 Å². The molecule has 38 atom stereocenters. The lowest BCUT2D eigenvalue weighted by Crippen LogP contribution is -2.69. The number of hydrogen-bond donors (Lipinski definition) is 16. The molecule has 0 unspecified atom stereocenters. The number of rotatable bonds is 14. The summed E-state index contributed by atoms with van der Waals surface area (Å²) in [5.74, 6) is 2.11. The summed E-state index contributed by atoms with van der Waals surface area (Å²) in [6.07, 6.45) is -39.9. The minimum Gasteiger partial charge on any atom is -0.394 e. The number of aliphatic hydroxyl groups is 16. The van der Waals surface area contributed by atoms with E-state index in [1.54, 1.807) is 0 Å². The Labute approximate surface area is 492 Å². The molecule has 11 rings (SSSR count). The van der Waals surface area contributed by atoms with Crippen molar-refractivity contribution >= 4 is 0 Å². The molecule has 4 saturated carbocycles. The maximum absolute atomic E-state index is 12.1. The summed E-state index contributed by atoms with van der Waals surface area (Å²) in [7, 11) is 0. The van der Waals surface area contributed by atoms with Crippen LogP contribution in [0.1, 0.15) is 92.4 Å². The third kappa shape index (κ3) is 11.4. The van der Waals surface area contributed by atoms with Gasteiger partial charge in [0.1, 0.15) is 116 Å². The van der Waals surface area contributed by atoms with Crippen LogP contribution in [0, 0.1) is 52.3 Å². The van der Waals surface area contributed by atoms with Crippen molar-refractivity contribution in [2.45, 2.75) is 270 Å². The second-order valence-electron chi connectivity index (χ2n) is 27.3. The van der Waals surface area contributed by atoms with E-state index in [9.17, 15) is 81.7 Å². The minimum atomic E-state index is -2.17. The van der Waals surface area contributed by atoms with Gasteiger partial charge in [0.15, 0.2) is 37.2 Å². The topological polar surface area (TPSA) is 434 Å². The molecule has 0 amide bonds. The fraction of sp³-hybridized carbons (Fsp3) is 1.00. The van der Waals surface area contributed by atoms with E-state index < -0.39 is 198 Å². The Morgan fingerprint density at radius 1 is 0.447 bits per heavy atom. The summed E-state index contributed by atoms with van der Waals surface area (Å²) in [6, 6.07) is 0. The monoisotopic (exact) mass is 1230 g/mol. The average molecular weight is 1230 g/mol. The largest absolute Gasteiger partial charge is 0.394 e. The molecule has 7 heterocycles. The van der Waals surface area contributed by atoms with Crippen LogP contribution < -0.4 is 0 Å².